The Labute approximate surface area is 109 Å². The minimum atomic E-state index is -0.579. The summed E-state index contributed by atoms with van der Waals surface area (Å²) < 4.78 is 13.2. The van der Waals surface area contributed by atoms with Crippen LogP contribution >= 0.6 is 0 Å². The highest BCUT2D eigenvalue weighted by molar-refractivity contribution is 4.93. The fourth-order valence-electron chi connectivity index (χ4n) is 3.34. The number of alkyl halides is 1. The van der Waals surface area contributed by atoms with E-state index in [0.717, 1.165) is 51.9 Å². The third-order valence-corrected chi connectivity index (χ3v) is 4.40. The number of hydrogen-bond acceptors (Lipinski definition) is 3. The maximum atomic E-state index is 13.2. The minimum absolute atomic E-state index is 0.135. The molecule has 0 bridgehead atoms. The Bertz CT molecular complexity index is 302. The van der Waals surface area contributed by atoms with Crippen LogP contribution in [0, 0.1) is 23.2 Å². The molecule has 2 rings (SSSR count). The standard InChI is InChI=1S/C14H24FN3/c1-2-18(10-11-3-4-13(15)5-11)14-6-12(7-16)8-17-9-14/h11-14,17H,2-6,8-10H2,1H3. The smallest absolute Gasteiger partial charge is 0.100 e. The Kier molecular flexibility index (Phi) is 4.96. The second kappa shape index (κ2) is 6.49. The predicted molar refractivity (Wildman–Crippen MR) is 69.9 cm³/mol. The fraction of sp³-hybridized carbons (Fsp3) is 0.929. The van der Waals surface area contributed by atoms with Crippen LogP contribution in [-0.4, -0.2) is 43.3 Å². The molecule has 1 heterocycles. The van der Waals surface area contributed by atoms with E-state index in [2.05, 4.69) is 23.2 Å². The van der Waals surface area contributed by atoms with E-state index in [1.54, 1.807) is 0 Å². The van der Waals surface area contributed by atoms with Gasteiger partial charge in [-0.15, -0.1) is 0 Å². The summed E-state index contributed by atoms with van der Waals surface area (Å²) in [4.78, 5) is 2.44. The number of hydrogen-bond donors (Lipinski definition) is 1. The topological polar surface area (TPSA) is 39.1 Å². The maximum Gasteiger partial charge on any atom is 0.100 e. The lowest BCUT2D eigenvalue weighted by Gasteiger charge is -2.37. The van der Waals surface area contributed by atoms with Crippen molar-refractivity contribution in [3.63, 3.8) is 0 Å². The molecule has 102 valence electrons. The molecule has 1 aliphatic carbocycles. The van der Waals surface area contributed by atoms with Gasteiger partial charge < -0.3 is 5.32 Å². The van der Waals surface area contributed by atoms with E-state index in [9.17, 15) is 4.39 Å². The van der Waals surface area contributed by atoms with Crippen molar-refractivity contribution in [2.24, 2.45) is 11.8 Å². The van der Waals surface area contributed by atoms with Gasteiger partial charge >= 0.3 is 0 Å². The van der Waals surface area contributed by atoms with E-state index < -0.39 is 6.17 Å². The number of halogens is 1. The first kappa shape index (κ1) is 13.8. The van der Waals surface area contributed by atoms with E-state index in [-0.39, 0.29) is 5.92 Å². The van der Waals surface area contributed by atoms with Crippen LogP contribution in [0.15, 0.2) is 0 Å². The maximum absolute atomic E-state index is 13.2. The summed E-state index contributed by atoms with van der Waals surface area (Å²) in [5, 5.41) is 12.4. The van der Waals surface area contributed by atoms with Crippen LogP contribution in [0.4, 0.5) is 4.39 Å². The summed E-state index contributed by atoms with van der Waals surface area (Å²) in [6, 6.07) is 2.82. The quantitative estimate of drug-likeness (QED) is 0.832. The van der Waals surface area contributed by atoms with Gasteiger partial charge in [-0.25, -0.2) is 4.39 Å². The van der Waals surface area contributed by atoms with Crippen molar-refractivity contribution in [2.45, 2.75) is 44.8 Å². The molecule has 1 N–H and O–H groups in total. The third kappa shape index (κ3) is 3.43. The largest absolute Gasteiger partial charge is 0.314 e. The second-order valence-electron chi connectivity index (χ2n) is 5.74. The Hall–Kier alpha value is -0.660. The summed E-state index contributed by atoms with van der Waals surface area (Å²) >= 11 is 0. The molecule has 1 saturated heterocycles. The monoisotopic (exact) mass is 253 g/mol. The third-order valence-electron chi connectivity index (χ3n) is 4.40. The molecule has 0 aromatic carbocycles. The van der Waals surface area contributed by atoms with E-state index in [4.69, 9.17) is 5.26 Å². The van der Waals surface area contributed by atoms with Crippen molar-refractivity contribution >= 4 is 0 Å². The van der Waals surface area contributed by atoms with Gasteiger partial charge in [-0.3, -0.25) is 4.90 Å². The Morgan fingerprint density at radius 3 is 2.78 bits per heavy atom. The number of nitrogens with one attached hydrogen (secondary N) is 1. The van der Waals surface area contributed by atoms with Crippen LogP contribution in [0.3, 0.4) is 0 Å². The molecule has 0 aromatic rings. The average Bonchev–Trinajstić information content (AvgIpc) is 2.81. The van der Waals surface area contributed by atoms with Gasteiger partial charge in [-0.2, -0.15) is 5.26 Å². The molecule has 4 heteroatoms. The highest BCUT2D eigenvalue weighted by Gasteiger charge is 2.30. The fourth-order valence-corrected chi connectivity index (χ4v) is 3.34. The number of piperidine rings is 1. The molecule has 0 radical (unpaired) electrons. The zero-order chi connectivity index (χ0) is 13.0. The van der Waals surface area contributed by atoms with Crippen LogP contribution in [-0.2, 0) is 0 Å². The molecule has 2 fully saturated rings. The Balaban J connectivity index is 1.86. The Morgan fingerprint density at radius 2 is 2.17 bits per heavy atom. The molecule has 1 aliphatic heterocycles. The molecule has 18 heavy (non-hydrogen) atoms. The average molecular weight is 253 g/mol. The zero-order valence-corrected chi connectivity index (χ0v) is 11.2. The van der Waals surface area contributed by atoms with Gasteiger partial charge in [0.2, 0.25) is 0 Å². The van der Waals surface area contributed by atoms with Gasteiger partial charge in [0.05, 0.1) is 12.0 Å². The number of nitriles is 1. The van der Waals surface area contributed by atoms with E-state index in [1.165, 1.54) is 0 Å². The van der Waals surface area contributed by atoms with Crippen LogP contribution < -0.4 is 5.32 Å². The first-order chi connectivity index (χ1) is 8.72. The van der Waals surface area contributed by atoms with Crippen molar-refractivity contribution in [3.05, 3.63) is 0 Å². The van der Waals surface area contributed by atoms with Gasteiger partial charge in [0.25, 0.3) is 0 Å². The molecule has 0 aromatic heterocycles. The number of rotatable bonds is 4. The van der Waals surface area contributed by atoms with Crippen LogP contribution in [0.1, 0.15) is 32.6 Å². The molecule has 2 aliphatic rings. The molecular weight excluding hydrogens is 229 g/mol. The lowest BCUT2D eigenvalue weighted by molar-refractivity contribution is 0.136. The number of nitrogens with zero attached hydrogens (tertiary/aromatic N) is 2. The normalized spacial score (nSPS) is 36.8. The van der Waals surface area contributed by atoms with Crippen LogP contribution in [0.2, 0.25) is 0 Å². The van der Waals surface area contributed by atoms with Crippen molar-refractivity contribution in [3.8, 4) is 6.07 Å². The van der Waals surface area contributed by atoms with Gasteiger partial charge in [0.1, 0.15) is 6.17 Å². The van der Waals surface area contributed by atoms with Crippen molar-refractivity contribution in [2.75, 3.05) is 26.2 Å². The van der Waals surface area contributed by atoms with Crippen LogP contribution in [0.25, 0.3) is 0 Å². The van der Waals surface area contributed by atoms with Crippen molar-refractivity contribution < 1.29 is 4.39 Å². The highest BCUT2D eigenvalue weighted by atomic mass is 19.1. The molecule has 3 nitrogen and oxygen atoms in total. The zero-order valence-electron chi connectivity index (χ0n) is 11.2. The van der Waals surface area contributed by atoms with Gasteiger partial charge in [-0.05, 0) is 38.1 Å². The van der Waals surface area contributed by atoms with Crippen LogP contribution in [0.5, 0.6) is 0 Å². The number of likely N-dealkylation sites (N-methyl/N-ethyl adjacent to an activating group) is 1. The first-order valence-electron chi connectivity index (χ1n) is 7.21. The molecule has 1 saturated carbocycles. The summed E-state index contributed by atoms with van der Waals surface area (Å²) in [6.45, 7) is 5.95. The second-order valence-corrected chi connectivity index (χ2v) is 5.74. The molecule has 0 amide bonds. The molecular formula is C14H24FN3. The summed E-state index contributed by atoms with van der Waals surface area (Å²) in [5.41, 5.74) is 0. The summed E-state index contributed by atoms with van der Waals surface area (Å²) in [6.07, 6.45) is 2.89. The summed E-state index contributed by atoms with van der Waals surface area (Å²) in [5.74, 6) is 0.651. The molecule has 0 spiro atoms. The highest BCUT2D eigenvalue weighted by Crippen LogP contribution is 2.29. The van der Waals surface area contributed by atoms with Gasteiger partial charge in [0.15, 0.2) is 0 Å². The SMILES string of the molecule is CCN(CC1CCC(F)C1)C1CNCC(C#N)C1. The van der Waals surface area contributed by atoms with E-state index in [0.29, 0.717) is 12.0 Å². The predicted octanol–water partition coefficient (Wildman–Crippen LogP) is 1.95. The summed E-state index contributed by atoms with van der Waals surface area (Å²) in [7, 11) is 0. The van der Waals surface area contributed by atoms with E-state index >= 15 is 0 Å². The van der Waals surface area contributed by atoms with Crippen molar-refractivity contribution in [1.82, 2.24) is 10.2 Å². The Morgan fingerprint density at radius 1 is 1.33 bits per heavy atom. The van der Waals surface area contributed by atoms with Gasteiger partial charge in [-0.1, -0.05) is 6.92 Å². The van der Waals surface area contributed by atoms with Gasteiger partial charge in [0, 0.05) is 25.7 Å². The lowest BCUT2D eigenvalue weighted by atomic mass is 9.95. The molecule has 4 atom stereocenters. The van der Waals surface area contributed by atoms with Crippen molar-refractivity contribution in [1.29, 1.82) is 5.26 Å². The molecule has 4 unspecified atom stereocenters. The first-order valence-corrected chi connectivity index (χ1v) is 7.21. The lowest BCUT2D eigenvalue weighted by Crippen LogP contribution is -2.50. The van der Waals surface area contributed by atoms with E-state index in [1.807, 2.05) is 0 Å². The minimum Gasteiger partial charge on any atom is -0.314 e.